The first-order chi connectivity index (χ1) is 28.4. The lowest BCUT2D eigenvalue weighted by molar-refractivity contribution is 1.07. The topological polar surface area (TPSA) is 38.7 Å². The Bertz CT molecular complexity index is 3200. The summed E-state index contributed by atoms with van der Waals surface area (Å²) in [6.45, 7) is 0. The van der Waals surface area contributed by atoms with Gasteiger partial charge in [0.25, 0.3) is 0 Å². The molecular weight excluding hydrogens is 583 g/mol. The molecular formula is C45H29N3. The van der Waals surface area contributed by atoms with Crippen LogP contribution in [0.3, 0.4) is 0 Å². The Morgan fingerprint density at radius 2 is 0.792 bits per heavy atom. The zero-order chi connectivity index (χ0) is 41.4. The molecule has 0 aliphatic carbocycles. The van der Waals surface area contributed by atoms with Crippen molar-refractivity contribution in [3.05, 3.63) is 176 Å². The Morgan fingerprint density at radius 3 is 1.42 bits per heavy atom. The first-order valence-electron chi connectivity index (χ1n) is 20.8. The molecule has 0 fully saturated rings. The number of hydrogen-bond donors (Lipinski definition) is 0. The van der Waals surface area contributed by atoms with Gasteiger partial charge < -0.3 is 0 Å². The van der Waals surface area contributed by atoms with Crippen molar-refractivity contribution < 1.29 is 15.1 Å². The molecule has 224 valence electrons. The molecule has 0 aliphatic heterocycles. The average Bonchev–Trinajstić information content (AvgIpc) is 3.27. The summed E-state index contributed by atoms with van der Waals surface area (Å²) in [5.74, 6) is 1.23. The monoisotopic (exact) mass is 622 g/mol. The highest BCUT2D eigenvalue weighted by molar-refractivity contribution is 6.20. The predicted octanol–water partition coefficient (Wildman–Crippen LogP) is 11.7. The van der Waals surface area contributed by atoms with Crippen LogP contribution in [0.15, 0.2) is 176 Å². The van der Waals surface area contributed by atoms with Gasteiger partial charge in [-0.3, -0.25) is 0 Å². The van der Waals surface area contributed by atoms with E-state index in [-0.39, 0.29) is 37.9 Å². The third-order valence-electron chi connectivity index (χ3n) is 8.29. The highest BCUT2D eigenvalue weighted by Gasteiger charge is 2.15. The molecule has 0 aliphatic rings. The molecule has 3 nitrogen and oxygen atoms in total. The molecule has 1 aromatic heterocycles. The van der Waals surface area contributed by atoms with E-state index in [1.165, 1.54) is 0 Å². The molecule has 9 aromatic rings. The lowest BCUT2D eigenvalue weighted by Gasteiger charge is -2.14. The van der Waals surface area contributed by atoms with E-state index in [0.717, 1.165) is 22.3 Å². The minimum Gasteiger partial charge on any atom is -0.208 e. The standard InChI is InChI=1S/C45H29N3/c1-3-11-30(12-4-1)31-19-23-35(24-20-31)44-46-43(34-14-5-2-6-15-34)47-45(48-44)36-25-21-33(22-26-36)42-39-18-10-8-16-37(39)29-41-38-17-9-7-13-32(38)27-28-40(41)42/h1-29H/i7D,8D,9D,10D,13D,16D,17D,18D,27D,28D,29D. The molecule has 0 spiro atoms. The Labute approximate surface area is 294 Å². The van der Waals surface area contributed by atoms with Crippen molar-refractivity contribution in [1.82, 2.24) is 15.0 Å². The molecule has 1 heterocycles. The number of benzene rings is 8. The Morgan fingerprint density at radius 1 is 0.333 bits per heavy atom. The van der Waals surface area contributed by atoms with Gasteiger partial charge in [0.15, 0.2) is 17.5 Å². The van der Waals surface area contributed by atoms with Crippen molar-refractivity contribution in [2.75, 3.05) is 0 Å². The Balaban J connectivity index is 1.29. The van der Waals surface area contributed by atoms with E-state index in [1.54, 1.807) is 24.3 Å². The fourth-order valence-corrected chi connectivity index (χ4v) is 5.93. The van der Waals surface area contributed by atoms with Crippen LogP contribution in [0.5, 0.6) is 0 Å². The summed E-state index contributed by atoms with van der Waals surface area (Å²) < 4.78 is 96.8. The van der Waals surface area contributed by atoms with Crippen LogP contribution in [-0.2, 0) is 0 Å². The number of aromatic nitrogens is 3. The minimum atomic E-state index is -0.597. The van der Waals surface area contributed by atoms with Gasteiger partial charge in [0.1, 0.15) is 0 Å². The van der Waals surface area contributed by atoms with Gasteiger partial charge in [0.2, 0.25) is 0 Å². The number of fused-ring (bicyclic) bond motifs is 4. The zero-order valence-electron chi connectivity index (χ0n) is 36.2. The van der Waals surface area contributed by atoms with Gasteiger partial charge in [0, 0.05) is 16.7 Å². The SMILES string of the molecule is [2H]c1c([2H])c([2H])c2c([2H])c3c(c([2H])c([2H])c4c([2H])c([2H])c([2H])c([2H])c43)c(-c3ccc(-c4nc(-c5ccccc5)nc(-c5ccc(-c6ccccc6)cc5)n4)cc3)c2c1[2H]. The summed E-state index contributed by atoms with van der Waals surface area (Å²) in [6.07, 6.45) is 0. The van der Waals surface area contributed by atoms with Crippen molar-refractivity contribution in [1.29, 1.82) is 0 Å². The van der Waals surface area contributed by atoms with Crippen LogP contribution in [0.1, 0.15) is 15.1 Å². The fourth-order valence-electron chi connectivity index (χ4n) is 5.93. The number of hydrogen-bond acceptors (Lipinski definition) is 3. The smallest absolute Gasteiger partial charge is 0.164 e. The average molecular weight is 623 g/mol. The molecule has 3 heteroatoms. The van der Waals surface area contributed by atoms with Crippen LogP contribution in [-0.4, -0.2) is 15.0 Å². The van der Waals surface area contributed by atoms with E-state index in [2.05, 4.69) is 0 Å². The maximum absolute atomic E-state index is 9.35. The molecule has 0 radical (unpaired) electrons. The van der Waals surface area contributed by atoms with Gasteiger partial charge in [-0.25, -0.2) is 15.0 Å². The first kappa shape index (κ1) is 18.6. The van der Waals surface area contributed by atoms with E-state index >= 15 is 0 Å². The molecule has 0 saturated heterocycles. The summed E-state index contributed by atoms with van der Waals surface area (Å²) in [6, 6.07) is 28.5. The maximum Gasteiger partial charge on any atom is 0.164 e. The second-order valence-electron chi connectivity index (χ2n) is 11.2. The largest absolute Gasteiger partial charge is 0.208 e. The summed E-state index contributed by atoms with van der Waals surface area (Å²) in [5, 5.41) is -0.818. The van der Waals surface area contributed by atoms with Gasteiger partial charge in [-0.2, -0.15) is 0 Å². The van der Waals surface area contributed by atoms with Crippen molar-refractivity contribution in [3.63, 3.8) is 0 Å². The predicted molar refractivity (Wildman–Crippen MR) is 200 cm³/mol. The maximum atomic E-state index is 9.35. The molecule has 9 rings (SSSR count). The molecule has 0 saturated carbocycles. The normalized spacial score (nSPS) is 14.5. The van der Waals surface area contributed by atoms with Crippen molar-refractivity contribution in [2.45, 2.75) is 0 Å². The van der Waals surface area contributed by atoms with E-state index in [0.29, 0.717) is 28.6 Å². The van der Waals surface area contributed by atoms with E-state index in [9.17, 15) is 2.74 Å². The summed E-state index contributed by atoms with van der Waals surface area (Å²) in [4.78, 5) is 14.6. The molecule has 0 bridgehead atoms. The van der Waals surface area contributed by atoms with Gasteiger partial charge in [-0.05, 0) is 60.6 Å². The molecule has 0 N–H and O–H groups in total. The lowest BCUT2D eigenvalue weighted by atomic mass is 9.89. The van der Waals surface area contributed by atoms with Crippen LogP contribution in [0.25, 0.3) is 88.7 Å². The lowest BCUT2D eigenvalue weighted by Crippen LogP contribution is -2.00. The highest BCUT2D eigenvalue weighted by Crippen LogP contribution is 2.40. The van der Waals surface area contributed by atoms with Crippen LogP contribution in [0.4, 0.5) is 0 Å². The fraction of sp³-hybridized carbons (Fsp3) is 0. The highest BCUT2D eigenvalue weighted by atomic mass is 15.0. The van der Waals surface area contributed by atoms with Crippen LogP contribution in [0, 0.1) is 0 Å². The minimum absolute atomic E-state index is 0.0458. The second kappa shape index (κ2) is 11.7. The molecule has 48 heavy (non-hydrogen) atoms. The van der Waals surface area contributed by atoms with Crippen molar-refractivity contribution >= 4 is 32.3 Å². The van der Waals surface area contributed by atoms with Gasteiger partial charge in [-0.15, -0.1) is 0 Å². The first-order valence-corrected chi connectivity index (χ1v) is 15.3. The van der Waals surface area contributed by atoms with E-state index in [4.69, 9.17) is 27.3 Å². The third-order valence-corrected chi connectivity index (χ3v) is 8.29. The Kier molecular flexibility index (Phi) is 4.55. The van der Waals surface area contributed by atoms with Gasteiger partial charge in [0.05, 0.1) is 15.1 Å². The quantitative estimate of drug-likeness (QED) is 0.142. The van der Waals surface area contributed by atoms with Crippen LogP contribution >= 0.6 is 0 Å². The van der Waals surface area contributed by atoms with Gasteiger partial charge in [-0.1, -0.05) is 170 Å². The van der Waals surface area contributed by atoms with Crippen molar-refractivity contribution in [2.24, 2.45) is 0 Å². The zero-order valence-corrected chi connectivity index (χ0v) is 25.2. The summed E-state index contributed by atoms with van der Waals surface area (Å²) in [7, 11) is 0. The molecule has 0 unspecified atom stereocenters. The summed E-state index contributed by atoms with van der Waals surface area (Å²) >= 11 is 0. The van der Waals surface area contributed by atoms with Crippen LogP contribution < -0.4 is 0 Å². The molecule has 8 aromatic carbocycles. The summed E-state index contributed by atoms with van der Waals surface area (Å²) in [5.41, 5.74) is 4.72. The van der Waals surface area contributed by atoms with Gasteiger partial charge >= 0.3 is 0 Å². The number of nitrogens with zero attached hydrogens (tertiary/aromatic N) is 3. The van der Waals surface area contributed by atoms with Crippen LogP contribution in [0.2, 0.25) is 0 Å². The van der Waals surface area contributed by atoms with Crippen molar-refractivity contribution in [3.8, 4) is 56.4 Å². The third kappa shape index (κ3) is 4.99. The Hall–Kier alpha value is -6.45. The second-order valence-corrected chi connectivity index (χ2v) is 11.2. The number of rotatable bonds is 5. The van der Waals surface area contributed by atoms with E-state index in [1.807, 2.05) is 84.9 Å². The molecule has 0 amide bonds. The molecule has 0 atom stereocenters. The van der Waals surface area contributed by atoms with E-state index < -0.39 is 66.5 Å².